The van der Waals surface area contributed by atoms with E-state index in [1.807, 2.05) is 20.8 Å². The SMILES string of the molecule is CCOC(=O)C(c1nc(C(CC)OC)no1)C(C)C. The molecule has 0 spiro atoms. The van der Waals surface area contributed by atoms with Gasteiger partial charge in [0, 0.05) is 7.11 Å². The third-order valence-electron chi connectivity index (χ3n) is 2.87. The van der Waals surface area contributed by atoms with E-state index in [4.69, 9.17) is 14.0 Å². The Hall–Kier alpha value is -1.43. The van der Waals surface area contributed by atoms with Gasteiger partial charge in [-0.3, -0.25) is 4.79 Å². The van der Waals surface area contributed by atoms with Crippen LogP contribution in [0.15, 0.2) is 4.52 Å². The van der Waals surface area contributed by atoms with Crippen molar-refractivity contribution in [3.63, 3.8) is 0 Å². The molecule has 1 heterocycles. The van der Waals surface area contributed by atoms with Gasteiger partial charge < -0.3 is 14.0 Å². The highest BCUT2D eigenvalue weighted by atomic mass is 16.5. The van der Waals surface area contributed by atoms with Crippen LogP contribution in [0.2, 0.25) is 0 Å². The number of esters is 1. The van der Waals surface area contributed by atoms with Crippen molar-refractivity contribution in [1.82, 2.24) is 10.1 Å². The fourth-order valence-electron chi connectivity index (χ4n) is 1.85. The van der Waals surface area contributed by atoms with Crippen LogP contribution in [0.3, 0.4) is 0 Å². The molecule has 19 heavy (non-hydrogen) atoms. The van der Waals surface area contributed by atoms with Crippen LogP contribution < -0.4 is 0 Å². The van der Waals surface area contributed by atoms with Crippen molar-refractivity contribution >= 4 is 5.97 Å². The molecule has 1 aromatic heterocycles. The van der Waals surface area contributed by atoms with Crippen molar-refractivity contribution < 1.29 is 18.8 Å². The molecule has 108 valence electrons. The van der Waals surface area contributed by atoms with Gasteiger partial charge in [-0.15, -0.1) is 0 Å². The molecule has 0 fully saturated rings. The minimum atomic E-state index is -0.532. The molecule has 0 saturated carbocycles. The van der Waals surface area contributed by atoms with Crippen molar-refractivity contribution in [3.8, 4) is 0 Å². The Morgan fingerprint density at radius 2 is 2.05 bits per heavy atom. The molecule has 2 atom stereocenters. The number of hydrogen-bond acceptors (Lipinski definition) is 6. The summed E-state index contributed by atoms with van der Waals surface area (Å²) in [7, 11) is 1.59. The van der Waals surface area contributed by atoms with Crippen LogP contribution in [0.5, 0.6) is 0 Å². The first-order chi connectivity index (χ1) is 9.04. The maximum Gasteiger partial charge on any atom is 0.318 e. The van der Waals surface area contributed by atoms with E-state index in [1.54, 1.807) is 14.0 Å². The minimum Gasteiger partial charge on any atom is -0.465 e. The van der Waals surface area contributed by atoms with Gasteiger partial charge >= 0.3 is 5.97 Å². The highest BCUT2D eigenvalue weighted by Gasteiger charge is 2.32. The van der Waals surface area contributed by atoms with Crippen molar-refractivity contribution in [3.05, 3.63) is 11.7 Å². The maximum atomic E-state index is 11.9. The summed E-state index contributed by atoms with van der Waals surface area (Å²) in [5.74, 6) is -0.0856. The number of ether oxygens (including phenoxy) is 2. The molecule has 1 rings (SSSR count). The van der Waals surface area contributed by atoms with Crippen LogP contribution >= 0.6 is 0 Å². The third-order valence-corrected chi connectivity index (χ3v) is 2.87. The lowest BCUT2D eigenvalue weighted by Gasteiger charge is -2.14. The zero-order valence-electron chi connectivity index (χ0n) is 12.2. The lowest BCUT2D eigenvalue weighted by atomic mass is 9.96. The van der Waals surface area contributed by atoms with Crippen LogP contribution in [-0.4, -0.2) is 29.8 Å². The van der Waals surface area contributed by atoms with Crippen molar-refractivity contribution in [2.24, 2.45) is 5.92 Å². The third kappa shape index (κ3) is 3.76. The molecule has 0 aromatic carbocycles. The van der Waals surface area contributed by atoms with Gasteiger partial charge in [-0.25, -0.2) is 0 Å². The molecule has 0 saturated heterocycles. The Balaban J connectivity index is 2.95. The first-order valence-electron chi connectivity index (χ1n) is 6.57. The molecule has 6 heteroatoms. The van der Waals surface area contributed by atoms with Crippen LogP contribution in [0.1, 0.15) is 57.9 Å². The molecule has 2 unspecified atom stereocenters. The lowest BCUT2D eigenvalue weighted by molar-refractivity contribution is -0.146. The standard InChI is InChI=1S/C13H22N2O4/c1-6-9(17-5)11-14-12(19-15-11)10(8(3)4)13(16)18-7-2/h8-10H,6-7H2,1-5H3. The Labute approximate surface area is 113 Å². The number of carbonyl (C=O) groups excluding carboxylic acids is 1. The topological polar surface area (TPSA) is 74.5 Å². The van der Waals surface area contributed by atoms with Gasteiger partial charge in [0.2, 0.25) is 11.7 Å². The average Bonchev–Trinajstić information content (AvgIpc) is 2.80. The summed E-state index contributed by atoms with van der Waals surface area (Å²) < 4.78 is 15.5. The lowest BCUT2D eigenvalue weighted by Crippen LogP contribution is -2.21. The number of carbonyl (C=O) groups is 1. The van der Waals surface area contributed by atoms with E-state index in [2.05, 4.69) is 10.1 Å². The number of rotatable bonds is 7. The normalized spacial score (nSPS) is 14.4. The number of hydrogen-bond donors (Lipinski definition) is 0. The summed E-state index contributed by atoms with van der Waals surface area (Å²) in [6.45, 7) is 7.90. The Morgan fingerprint density at radius 3 is 2.53 bits per heavy atom. The van der Waals surface area contributed by atoms with Gasteiger partial charge in [0.05, 0.1) is 6.61 Å². The van der Waals surface area contributed by atoms with E-state index in [0.29, 0.717) is 18.3 Å². The van der Waals surface area contributed by atoms with Gasteiger partial charge in [0.25, 0.3) is 0 Å². The zero-order chi connectivity index (χ0) is 14.4. The monoisotopic (exact) mass is 270 g/mol. The van der Waals surface area contributed by atoms with E-state index >= 15 is 0 Å². The van der Waals surface area contributed by atoms with Crippen molar-refractivity contribution in [1.29, 1.82) is 0 Å². The first kappa shape index (κ1) is 15.6. The van der Waals surface area contributed by atoms with Crippen LogP contribution in [0, 0.1) is 5.92 Å². The zero-order valence-corrected chi connectivity index (χ0v) is 12.2. The molecule has 0 amide bonds. The number of aromatic nitrogens is 2. The van der Waals surface area contributed by atoms with E-state index in [-0.39, 0.29) is 18.0 Å². The molecular weight excluding hydrogens is 248 g/mol. The first-order valence-corrected chi connectivity index (χ1v) is 6.57. The summed E-state index contributed by atoms with van der Waals surface area (Å²) in [6, 6.07) is 0. The van der Waals surface area contributed by atoms with Crippen molar-refractivity contribution in [2.75, 3.05) is 13.7 Å². The molecule has 0 aliphatic rings. The second kappa shape index (κ2) is 7.23. The maximum absolute atomic E-state index is 11.9. The number of methoxy groups -OCH3 is 1. The predicted octanol–water partition coefficient (Wildman–Crippen LogP) is 2.47. The molecule has 0 aliphatic carbocycles. The Morgan fingerprint density at radius 1 is 1.37 bits per heavy atom. The van der Waals surface area contributed by atoms with E-state index in [0.717, 1.165) is 6.42 Å². The second-order valence-corrected chi connectivity index (χ2v) is 4.60. The smallest absolute Gasteiger partial charge is 0.318 e. The Kier molecular flexibility index (Phi) is 5.95. The largest absolute Gasteiger partial charge is 0.465 e. The highest BCUT2D eigenvalue weighted by molar-refractivity contribution is 5.77. The number of nitrogens with zero attached hydrogens (tertiary/aromatic N) is 2. The van der Waals surface area contributed by atoms with Crippen LogP contribution in [0.25, 0.3) is 0 Å². The highest BCUT2D eigenvalue weighted by Crippen LogP contribution is 2.26. The van der Waals surface area contributed by atoms with E-state index in [9.17, 15) is 4.79 Å². The molecule has 0 bridgehead atoms. The summed E-state index contributed by atoms with van der Waals surface area (Å²) in [5, 5.41) is 3.89. The van der Waals surface area contributed by atoms with Gasteiger partial charge in [-0.05, 0) is 19.3 Å². The summed E-state index contributed by atoms with van der Waals surface area (Å²) in [4.78, 5) is 16.2. The predicted molar refractivity (Wildman–Crippen MR) is 68.6 cm³/mol. The van der Waals surface area contributed by atoms with E-state index in [1.165, 1.54) is 0 Å². The average molecular weight is 270 g/mol. The molecular formula is C13H22N2O4. The minimum absolute atomic E-state index is 0.0231. The Bertz CT molecular complexity index is 399. The van der Waals surface area contributed by atoms with E-state index < -0.39 is 5.92 Å². The van der Waals surface area contributed by atoms with Gasteiger partial charge in [0.15, 0.2) is 0 Å². The summed E-state index contributed by atoms with van der Waals surface area (Å²) >= 11 is 0. The second-order valence-electron chi connectivity index (χ2n) is 4.60. The molecule has 1 aromatic rings. The van der Waals surface area contributed by atoms with Gasteiger partial charge in [0.1, 0.15) is 12.0 Å². The van der Waals surface area contributed by atoms with Crippen molar-refractivity contribution in [2.45, 2.75) is 46.1 Å². The molecule has 0 aliphatic heterocycles. The molecule has 6 nitrogen and oxygen atoms in total. The molecule has 0 radical (unpaired) electrons. The quantitative estimate of drug-likeness (QED) is 0.708. The summed E-state index contributed by atoms with van der Waals surface area (Å²) in [6.07, 6.45) is 0.522. The van der Waals surface area contributed by atoms with Gasteiger partial charge in [-0.1, -0.05) is 25.9 Å². The van der Waals surface area contributed by atoms with Crippen LogP contribution in [0.4, 0.5) is 0 Å². The van der Waals surface area contributed by atoms with Crippen LogP contribution in [-0.2, 0) is 14.3 Å². The summed E-state index contributed by atoms with van der Waals surface area (Å²) in [5.41, 5.74) is 0. The molecule has 0 N–H and O–H groups in total. The van der Waals surface area contributed by atoms with Gasteiger partial charge in [-0.2, -0.15) is 4.98 Å². The fraction of sp³-hybridized carbons (Fsp3) is 0.769. The fourth-order valence-corrected chi connectivity index (χ4v) is 1.85.